The Bertz CT molecular complexity index is 3750. The Hall–Kier alpha value is -9.00. The molecule has 12 rings (SSSR count). The third-order valence-electron chi connectivity index (χ3n) is 12.9. The van der Waals surface area contributed by atoms with Crippen LogP contribution in [0.15, 0.2) is 218 Å². The molecule has 0 radical (unpaired) electrons. The van der Waals surface area contributed by atoms with Crippen LogP contribution in [0.5, 0.6) is 0 Å². The molecule has 0 amide bonds. The summed E-state index contributed by atoms with van der Waals surface area (Å²) in [5.41, 5.74) is 20.5. The molecule has 0 aliphatic carbocycles. The van der Waals surface area contributed by atoms with E-state index >= 15 is 0 Å². The van der Waals surface area contributed by atoms with Crippen molar-refractivity contribution in [2.75, 3.05) is 0 Å². The molecule has 0 fully saturated rings. The van der Waals surface area contributed by atoms with Crippen LogP contribution in [0.1, 0.15) is 5.56 Å². The predicted molar refractivity (Wildman–Crippen MR) is 277 cm³/mol. The summed E-state index contributed by atoms with van der Waals surface area (Å²) in [6.07, 6.45) is 9.34. The molecular formula is C61H40N6. The minimum absolute atomic E-state index is 0.786. The summed E-state index contributed by atoms with van der Waals surface area (Å²) in [5.74, 6) is 0. The second-order valence-electron chi connectivity index (χ2n) is 16.9. The van der Waals surface area contributed by atoms with Crippen LogP contribution in [0.4, 0.5) is 5.69 Å². The highest BCUT2D eigenvalue weighted by Crippen LogP contribution is 2.44. The summed E-state index contributed by atoms with van der Waals surface area (Å²) in [7, 11) is 0. The molecule has 0 atom stereocenters. The Morgan fingerprint density at radius 1 is 0.358 bits per heavy atom. The van der Waals surface area contributed by atoms with Crippen molar-refractivity contribution in [1.29, 1.82) is 0 Å². The lowest BCUT2D eigenvalue weighted by Crippen LogP contribution is -1.93. The average Bonchev–Trinajstić information content (AvgIpc) is 3.40. The van der Waals surface area contributed by atoms with Crippen LogP contribution in [0.3, 0.4) is 0 Å². The third-order valence-corrected chi connectivity index (χ3v) is 12.9. The van der Waals surface area contributed by atoms with E-state index < -0.39 is 0 Å². The van der Waals surface area contributed by atoms with Crippen LogP contribution < -0.4 is 0 Å². The van der Waals surface area contributed by atoms with E-state index in [4.69, 9.17) is 24.9 Å². The van der Waals surface area contributed by atoms with E-state index in [-0.39, 0.29) is 0 Å². The number of hydrogen-bond acceptors (Lipinski definition) is 6. The molecule has 0 spiro atoms. The van der Waals surface area contributed by atoms with Gasteiger partial charge in [0.25, 0.3) is 0 Å². The molecule has 6 heteroatoms. The molecule has 0 saturated carbocycles. The molecule has 0 aliphatic heterocycles. The van der Waals surface area contributed by atoms with Gasteiger partial charge in [0, 0.05) is 58.1 Å². The lowest BCUT2D eigenvalue weighted by atomic mass is 9.86. The van der Waals surface area contributed by atoms with Gasteiger partial charge in [0.1, 0.15) is 0 Å². The van der Waals surface area contributed by atoms with Crippen LogP contribution in [-0.4, -0.2) is 31.6 Å². The summed E-state index contributed by atoms with van der Waals surface area (Å²) in [4.78, 5) is 28.4. The highest BCUT2D eigenvalue weighted by Gasteiger charge is 2.18. The van der Waals surface area contributed by atoms with E-state index in [1.165, 1.54) is 0 Å². The molecule has 0 unspecified atom stereocenters. The molecule has 12 aromatic rings. The first kappa shape index (κ1) is 39.6. The number of aromatic nitrogens is 5. The van der Waals surface area contributed by atoms with Crippen LogP contribution in [-0.2, 0) is 0 Å². The molecule has 7 aromatic carbocycles. The summed E-state index contributed by atoms with van der Waals surface area (Å²) in [6.45, 7) is 6.06. The van der Waals surface area contributed by atoms with Crippen molar-refractivity contribution < 1.29 is 0 Å². The van der Waals surface area contributed by atoms with E-state index in [1.807, 2.05) is 49.2 Å². The molecular weight excluding hydrogens is 817 g/mol. The SMILES string of the molecule is C=Nc1cc(-c2ccccc2-c2cc(-c3ccccc3-c3ccc4c(c3)ncc3cccnc34)cc(-c3ccccc3-c3ccc4c(c3)ncc3cccnc34)c2)ccc1-c1ncccc1C. The molecule has 0 bridgehead atoms. The van der Waals surface area contributed by atoms with Crippen molar-refractivity contribution in [2.45, 2.75) is 6.92 Å². The van der Waals surface area contributed by atoms with E-state index in [2.05, 4.69) is 182 Å². The fourth-order valence-corrected chi connectivity index (χ4v) is 9.64. The van der Waals surface area contributed by atoms with Gasteiger partial charge in [-0.2, -0.15) is 0 Å². The minimum Gasteiger partial charge on any atom is -0.264 e. The van der Waals surface area contributed by atoms with Crippen molar-refractivity contribution in [1.82, 2.24) is 24.9 Å². The number of aliphatic imine (C=N–C) groups is 1. The van der Waals surface area contributed by atoms with Crippen molar-refractivity contribution in [3.8, 4) is 78.0 Å². The number of nitrogens with zero attached hydrogens (tertiary/aromatic N) is 6. The number of pyridine rings is 5. The largest absolute Gasteiger partial charge is 0.264 e. The van der Waals surface area contributed by atoms with Gasteiger partial charge < -0.3 is 0 Å². The Kier molecular flexibility index (Phi) is 9.76. The predicted octanol–water partition coefficient (Wildman–Crippen LogP) is 15.6. The van der Waals surface area contributed by atoms with Gasteiger partial charge in [-0.15, -0.1) is 0 Å². The molecule has 0 aliphatic rings. The monoisotopic (exact) mass is 856 g/mol. The first-order chi connectivity index (χ1) is 33.1. The number of rotatable bonds is 8. The highest BCUT2D eigenvalue weighted by atomic mass is 14.7. The summed E-state index contributed by atoms with van der Waals surface area (Å²) < 4.78 is 0. The smallest absolute Gasteiger partial charge is 0.0811 e. The van der Waals surface area contributed by atoms with Crippen LogP contribution in [0, 0.1) is 6.92 Å². The van der Waals surface area contributed by atoms with Crippen molar-refractivity contribution >= 4 is 56.0 Å². The average molecular weight is 857 g/mol. The van der Waals surface area contributed by atoms with Crippen molar-refractivity contribution in [3.05, 3.63) is 219 Å². The van der Waals surface area contributed by atoms with Gasteiger partial charge in [0.05, 0.1) is 33.4 Å². The van der Waals surface area contributed by atoms with E-state index in [0.717, 1.165) is 133 Å². The Balaban J connectivity index is 1.05. The number of benzene rings is 7. The van der Waals surface area contributed by atoms with Gasteiger partial charge in [-0.25, -0.2) is 0 Å². The zero-order valence-electron chi connectivity index (χ0n) is 36.6. The fraction of sp³-hybridized carbons (Fsp3) is 0.0164. The maximum absolute atomic E-state index is 4.89. The molecule has 0 N–H and O–H groups in total. The Labute approximate surface area is 387 Å². The fourth-order valence-electron chi connectivity index (χ4n) is 9.64. The molecule has 67 heavy (non-hydrogen) atoms. The molecule has 5 aromatic heterocycles. The standard InChI is InChI=1S/C61H40N6/c1-38-12-9-27-63-59(38)53-24-21-39(33-56(53)62-2)47-15-3-6-18-50(47)44-30-45(51-19-7-4-16-48(51)40-22-25-54-57(34-40)66-36-42-13-10-28-64-60(42)54)32-46(31-44)52-20-8-5-17-49(52)41-23-26-55-58(35-41)67-37-43-14-11-29-65-61(43)55/h3-37H,2H2,1H3. The number of hydrogen-bond donors (Lipinski definition) is 0. The lowest BCUT2D eigenvalue weighted by Gasteiger charge is -2.18. The maximum Gasteiger partial charge on any atom is 0.0811 e. The second kappa shape index (κ2) is 16.5. The van der Waals surface area contributed by atoms with E-state index in [9.17, 15) is 0 Å². The van der Waals surface area contributed by atoms with Crippen LogP contribution >= 0.6 is 0 Å². The van der Waals surface area contributed by atoms with Gasteiger partial charge >= 0.3 is 0 Å². The van der Waals surface area contributed by atoms with Gasteiger partial charge in [0.15, 0.2) is 0 Å². The second-order valence-corrected chi connectivity index (χ2v) is 16.9. The first-order valence-electron chi connectivity index (χ1n) is 22.3. The van der Waals surface area contributed by atoms with Gasteiger partial charge in [0.2, 0.25) is 0 Å². The first-order valence-corrected chi connectivity index (χ1v) is 22.3. The highest BCUT2D eigenvalue weighted by molar-refractivity contribution is 6.06. The topological polar surface area (TPSA) is 76.8 Å². The van der Waals surface area contributed by atoms with Crippen molar-refractivity contribution in [3.63, 3.8) is 0 Å². The normalized spacial score (nSPS) is 11.4. The number of fused-ring (bicyclic) bond motifs is 6. The summed E-state index contributed by atoms with van der Waals surface area (Å²) in [6, 6.07) is 64.5. The molecule has 0 saturated heterocycles. The summed E-state index contributed by atoms with van der Waals surface area (Å²) >= 11 is 0. The molecule has 6 nitrogen and oxygen atoms in total. The summed E-state index contributed by atoms with van der Waals surface area (Å²) in [5, 5.41) is 4.11. The quantitative estimate of drug-likeness (QED) is 0.112. The maximum atomic E-state index is 4.89. The minimum atomic E-state index is 0.786. The van der Waals surface area contributed by atoms with E-state index in [1.54, 1.807) is 0 Å². The Morgan fingerprint density at radius 2 is 0.776 bits per heavy atom. The third kappa shape index (κ3) is 7.09. The van der Waals surface area contributed by atoms with E-state index in [0.29, 0.717) is 0 Å². The van der Waals surface area contributed by atoms with Gasteiger partial charge in [-0.05, 0) is 165 Å². The zero-order chi connectivity index (χ0) is 44.8. The van der Waals surface area contributed by atoms with Crippen LogP contribution in [0.2, 0.25) is 0 Å². The number of aryl methyl sites for hydroxylation is 1. The molecule has 314 valence electrons. The van der Waals surface area contributed by atoms with Crippen molar-refractivity contribution in [2.24, 2.45) is 4.99 Å². The zero-order valence-corrected chi connectivity index (χ0v) is 36.6. The molecule has 5 heterocycles. The Morgan fingerprint density at radius 3 is 1.24 bits per heavy atom. The van der Waals surface area contributed by atoms with Gasteiger partial charge in [-0.1, -0.05) is 103 Å². The van der Waals surface area contributed by atoms with Gasteiger partial charge in [-0.3, -0.25) is 29.9 Å². The van der Waals surface area contributed by atoms with Crippen LogP contribution in [0.25, 0.3) is 122 Å². The lowest BCUT2D eigenvalue weighted by molar-refractivity contribution is 1.27.